The third-order valence-corrected chi connectivity index (χ3v) is 1.42. The molecule has 0 rings (SSSR count). The van der Waals surface area contributed by atoms with Crippen molar-refractivity contribution in [2.75, 3.05) is 6.61 Å². The fourth-order valence-corrected chi connectivity index (χ4v) is 0.838. The van der Waals surface area contributed by atoms with Gasteiger partial charge in [-0.05, 0) is 18.5 Å². The first kappa shape index (κ1) is 11.7. The van der Waals surface area contributed by atoms with Crippen molar-refractivity contribution in [3.05, 3.63) is 4.91 Å². The lowest BCUT2D eigenvalue weighted by atomic mass is 10.1. The molecule has 0 amide bonds. The zero-order valence-corrected chi connectivity index (χ0v) is 7.78. The third kappa shape index (κ3) is 3.78. The number of hydrogen-bond acceptors (Lipinski definition) is 5. The van der Waals surface area contributed by atoms with E-state index in [-0.39, 0.29) is 13.0 Å². The SMILES string of the molecule is CCCC(=O)C(N=O)C(=O)OCC. The Morgan fingerprint density at radius 2 is 2.00 bits per heavy atom. The van der Waals surface area contributed by atoms with Gasteiger partial charge in [0.1, 0.15) is 0 Å². The smallest absolute Gasteiger partial charge is 0.342 e. The summed E-state index contributed by atoms with van der Waals surface area (Å²) in [6, 6.07) is -1.47. The van der Waals surface area contributed by atoms with Crippen LogP contribution in [0.4, 0.5) is 0 Å². The predicted molar refractivity (Wildman–Crippen MR) is 46.1 cm³/mol. The predicted octanol–water partition coefficient (Wildman–Crippen LogP) is 1.05. The molecule has 0 N–H and O–H groups in total. The second kappa shape index (κ2) is 6.28. The van der Waals surface area contributed by atoms with Crippen molar-refractivity contribution in [1.82, 2.24) is 0 Å². The lowest BCUT2D eigenvalue weighted by molar-refractivity contribution is -0.147. The number of hydrogen-bond donors (Lipinski definition) is 0. The number of carbonyl (C=O) groups is 2. The molecule has 5 nitrogen and oxygen atoms in total. The summed E-state index contributed by atoms with van der Waals surface area (Å²) in [6.07, 6.45) is 0.763. The molecule has 0 aliphatic carbocycles. The average molecular weight is 187 g/mol. The molecule has 0 saturated heterocycles. The van der Waals surface area contributed by atoms with Gasteiger partial charge in [0.05, 0.1) is 6.61 Å². The van der Waals surface area contributed by atoms with E-state index in [4.69, 9.17) is 0 Å². The molecule has 0 aromatic rings. The summed E-state index contributed by atoms with van der Waals surface area (Å²) in [6.45, 7) is 3.53. The van der Waals surface area contributed by atoms with Gasteiger partial charge in [-0.3, -0.25) is 4.79 Å². The quantitative estimate of drug-likeness (QED) is 0.354. The maximum Gasteiger partial charge on any atom is 0.342 e. The molecule has 0 aliphatic heterocycles. The normalized spacial score (nSPS) is 11.8. The van der Waals surface area contributed by atoms with Crippen LogP contribution < -0.4 is 0 Å². The number of nitrogens with zero attached hydrogens (tertiary/aromatic N) is 1. The number of nitroso groups, excluding NO2 is 1. The second-order valence-corrected chi connectivity index (χ2v) is 2.48. The Labute approximate surface area is 76.4 Å². The number of ether oxygens (including phenoxy) is 1. The lowest BCUT2D eigenvalue weighted by Crippen LogP contribution is -2.29. The number of ketones is 1. The molecular formula is C8H13NO4. The molecule has 0 spiro atoms. The maximum atomic E-state index is 11.1. The van der Waals surface area contributed by atoms with Crippen molar-refractivity contribution in [2.24, 2.45) is 5.18 Å². The molecule has 13 heavy (non-hydrogen) atoms. The highest BCUT2D eigenvalue weighted by Crippen LogP contribution is 2.02. The summed E-state index contributed by atoms with van der Waals surface area (Å²) in [5, 5.41) is 2.45. The van der Waals surface area contributed by atoms with Gasteiger partial charge in [-0.15, -0.1) is 4.91 Å². The van der Waals surface area contributed by atoms with Crippen molar-refractivity contribution >= 4 is 11.8 Å². The highest BCUT2D eigenvalue weighted by atomic mass is 16.5. The van der Waals surface area contributed by atoms with E-state index in [1.54, 1.807) is 13.8 Å². The van der Waals surface area contributed by atoms with Crippen LogP contribution in [0.25, 0.3) is 0 Å². The fraction of sp³-hybridized carbons (Fsp3) is 0.750. The Kier molecular flexibility index (Phi) is 5.67. The van der Waals surface area contributed by atoms with Crippen molar-refractivity contribution in [2.45, 2.75) is 32.7 Å². The zero-order chi connectivity index (χ0) is 10.3. The number of carbonyl (C=O) groups excluding carboxylic acids is 2. The molecule has 0 aliphatic rings. The molecule has 0 aromatic heterocycles. The van der Waals surface area contributed by atoms with Gasteiger partial charge in [-0.25, -0.2) is 4.79 Å². The average Bonchev–Trinajstić information content (AvgIpc) is 2.06. The van der Waals surface area contributed by atoms with Gasteiger partial charge in [0, 0.05) is 6.42 Å². The third-order valence-electron chi connectivity index (χ3n) is 1.42. The first-order valence-corrected chi connectivity index (χ1v) is 4.19. The van der Waals surface area contributed by atoms with Gasteiger partial charge in [-0.2, -0.15) is 0 Å². The Balaban J connectivity index is 4.23. The summed E-state index contributed by atoms with van der Waals surface area (Å²) < 4.78 is 4.51. The van der Waals surface area contributed by atoms with E-state index in [1.807, 2.05) is 0 Å². The Hall–Kier alpha value is -1.26. The number of rotatable bonds is 6. The van der Waals surface area contributed by atoms with Crippen molar-refractivity contribution in [1.29, 1.82) is 0 Å². The van der Waals surface area contributed by atoms with Crippen LogP contribution in [0.2, 0.25) is 0 Å². The van der Waals surface area contributed by atoms with Gasteiger partial charge in [0.15, 0.2) is 5.78 Å². The van der Waals surface area contributed by atoms with Crippen LogP contribution in [-0.4, -0.2) is 24.4 Å². The maximum absolute atomic E-state index is 11.1. The van der Waals surface area contributed by atoms with Crippen LogP contribution in [-0.2, 0) is 14.3 Å². The fourth-order valence-electron chi connectivity index (χ4n) is 0.838. The van der Waals surface area contributed by atoms with E-state index in [0.29, 0.717) is 6.42 Å². The minimum atomic E-state index is -1.47. The Bertz CT molecular complexity index is 184. The summed E-state index contributed by atoms with van der Waals surface area (Å²) in [7, 11) is 0. The molecule has 0 aromatic carbocycles. The van der Waals surface area contributed by atoms with Crippen LogP contribution >= 0.6 is 0 Å². The van der Waals surface area contributed by atoms with E-state index in [2.05, 4.69) is 9.91 Å². The summed E-state index contributed by atoms with van der Waals surface area (Å²) in [5.41, 5.74) is 0. The highest BCUT2D eigenvalue weighted by molar-refractivity contribution is 6.03. The van der Waals surface area contributed by atoms with E-state index < -0.39 is 17.8 Å². The first-order chi connectivity index (χ1) is 6.17. The number of esters is 1. The standard InChI is InChI=1S/C8H13NO4/c1-3-5-6(10)7(9-12)8(11)13-4-2/h7H,3-5H2,1-2H3. The Morgan fingerprint density at radius 3 is 2.38 bits per heavy atom. The second-order valence-electron chi connectivity index (χ2n) is 2.48. The van der Waals surface area contributed by atoms with Crippen molar-refractivity contribution < 1.29 is 14.3 Å². The topological polar surface area (TPSA) is 72.8 Å². The van der Waals surface area contributed by atoms with Crippen molar-refractivity contribution in [3.63, 3.8) is 0 Å². The minimum absolute atomic E-state index is 0.143. The lowest BCUT2D eigenvalue weighted by Gasteiger charge is -2.05. The van der Waals surface area contributed by atoms with Gasteiger partial charge < -0.3 is 4.74 Å². The van der Waals surface area contributed by atoms with E-state index in [0.717, 1.165) is 0 Å². The van der Waals surface area contributed by atoms with Gasteiger partial charge >= 0.3 is 5.97 Å². The minimum Gasteiger partial charge on any atom is -0.464 e. The van der Waals surface area contributed by atoms with Crippen LogP contribution in [0.1, 0.15) is 26.7 Å². The molecule has 0 saturated carbocycles. The first-order valence-electron chi connectivity index (χ1n) is 4.19. The molecule has 0 radical (unpaired) electrons. The van der Waals surface area contributed by atoms with E-state index in [1.165, 1.54) is 0 Å². The highest BCUT2D eigenvalue weighted by Gasteiger charge is 2.27. The van der Waals surface area contributed by atoms with Crippen LogP contribution in [0.3, 0.4) is 0 Å². The Morgan fingerprint density at radius 1 is 1.38 bits per heavy atom. The van der Waals surface area contributed by atoms with Crippen molar-refractivity contribution in [3.8, 4) is 0 Å². The van der Waals surface area contributed by atoms with Gasteiger partial charge in [0.2, 0.25) is 6.04 Å². The molecule has 1 unspecified atom stereocenters. The summed E-state index contributed by atoms with van der Waals surface area (Å²) in [4.78, 5) is 32.2. The summed E-state index contributed by atoms with van der Waals surface area (Å²) >= 11 is 0. The van der Waals surface area contributed by atoms with Crippen LogP contribution in [0.5, 0.6) is 0 Å². The van der Waals surface area contributed by atoms with E-state index in [9.17, 15) is 14.5 Å². The van der Waals surface area contributed by atoms with Crippen LogP contribution in [0.15, 0.2) is 5.18 Å². The van der Waals surface area contributed by atoms with Gasteiger partial charge in [0.25, 0.3) is 0 Å². The van der Waals surface area contributed by atoms with Crippen LogP contribution in [0, 0.1) is 4.91 Å². The zero-order valence-electron chi connectivity index (χ0n) is 7.78. The molecular weight excluding hydrogens is 174 g/mol. The largest absolute Gasteiger partial charge is 0.464 e. The summed E-state index contributed by atoms with van der Waals surface area (Å²) in [5.74, 6) is -1.33. The van der Waals surface area contributed by atoms with E-state index >= 15 is 0 Å². The molecule has 1 atom stereocenters. The molecule has 0 bridgehead atoms. The molecule has 0 heterocycles. The van der Waals surface area contributed by atoms with Gasteiger partial charge in [-0.1, -0.05) is 6.92 Å². The monoisotopic (exact) mass is 187 g/mol. The molecule has 74 valence electrons. The molecule has 0 fully saturated rings. The number of Topliss-reactive ketones (excluding diaryl/α,β-unsaturated/α-hetero) is 1. The molecule has 5 heteroatoms.